The second kappa shape index (κ2) is 5.49. The van der Waals surface area contributed by atoms with Crippen LogP contribution in [0.2, 0.25) is 0 Å². The number of alkyl halides is 3. The Morgan fingerprint density at radius 3 is 2.62 bits per heavy atom. The maximum Gasteiger partial charge on any atom is 0.430 e. The molecule has 9 heteroatoms. The van der Waals surface area contributed by atoms with Crippen molar-refractivity contribution in [3.05, 3.63) is 34.9 Å². The lowest BCUT2D eigenvalue weighted by atomic mass is 10.00. The summed E-state index contributed by atoms with van der Waals surface area (Å²) in [6.45, 7) is 0. The maximum absolute atomic E-state index is 12.8. The van der Waals surface area contributed by atoms with Gasteiger partial charge >= 0.3 is 12.1 Å². The van der Waals surface area contributed by atoms with Crippen molar-refractivity contribution in [1.29, 1.82) is 0 Å². The highest BCUT2D eigenvalue weighted by Crippen LogP contribution is 2.37. The molecule has 0 saturated heterocycles. The Morgan fingerprint density at radius 1 is 1.43 bits per heavy atom. The molecule has 1 aromatic rings. The van der Waals surface area contributed by atoms with Crippen LogP contribution in [-0.2, 0) is 21.6 Å². The number of aliphatic carboxylic acids is 1. The van der Waals surface area contributed by atoms with E-state index < -0.39 is 34.9 Å². The summed E-state index contributed by atoms with van der Waals surface area (Å²) in [4.78, 5) is 10.9. The van der Waals surface area contributed by atoms with Crippen LogP contribution in [-0.4, -0.2) is 32.1 Å². The van der Waals surface area contributed by atoms with Crippen molar-refractivity contribution >= 4 is 23.1 Å². The van der Waals surface area contributed by atoms with Gasteiger partial charge in [-0.1, -0.05) is 17.1 Å². The lowest BCUT2D eigenvalue weighted by molar-refractivity contribution is -0.187. The third kappa shape index (κ3) is 3.42. The number of hydrogen-bond donors (Lipinski definition) is 1. The molecule has 0 aliphatic carbocycles. The highest BCUT2D eigenvalue weighted by molar-refractivity contribution is 7.78. The Bertz CT molecular complexity index is 638. The molecular formula is C12H8F3O5S-. The van der Waals surface area contributed by atoms with Crippen LogP contribution in [0.1, 0.15) is 11.1 Å². The molecule has 5 nitrogen and oxygen atoms in total. The van der Waals surface area contributed by atoms with Crippen molar-refractivity contribution in [3.8, 4) is 5.75 Å². The van der Waals surface area contributed by atoms with Crippen LogP contribution in [0, 0.1) is 0 Å². The fraction of sp³-hybridized carbons (Fsp3) is 0.250. The highest BCUT2D eigenvalue weighted by atomic mass is 32.2. The largest absolute Gasteiger partial charge is 0.772 e. The van der Waals surface area contributed by atoms with Crippen LogP contribution < -0.4 is 4.74 Å². The van der Waals surface area contributed by atoms with Gasteiger partial charge in [0.05, 0.1) is 5.57 Å². The zero-order valence-electron chi connectivity index (χ0n) is 10.2. The van der Waals surface area contributed by atoms with Gasteiger partial charge in [-0.25, -0.2) is 4.79 Å². The summed E-state index contributed by atoms with van der Waals surface area (Å²) < 4.78 is 64.3. The molecule has 0 spiro atoms. The Kier molecular flexibility index (Phi) is 4.06. The minimum Gasteiger partial charge on any atom is -0.772 e. The van der Waals surface area contributed by atoms with Gasteiger partial charge in [-0.3, -0.25) is 4.21 Å². The number of rotatable bonds is 3. The fourth-order valence-corrected chi connectivity index (χ4v) is 2.35. The standard InChI is InChI=1S/C12H9F3O5S/c13-12(14,15)10-8(11(16)17)4-7-3-6(5-21(18)19)1-2-9(7)20-10/h1-4,10H,5H2,(H,16,17)(H,18,19)/p-1/t10-/m0/s1. The van der Waals surface area contributed by atoms with Crippen molar-refractivity contribution in [2.24, 2.45) is 0 Å². The molecule has 0 radical (unpaired) electrons. The minimum absolute atomic E-state index is 0.0934. The van der Waals surface area contributed by atoms with E-state index in [-0.39, 0.29) is 17.1 Å². The van der Waals surface area contributed by atoms with Crippen molar-refractivity contribution in [2.45, 2.75) is 18.0 Å². The summed E-state index contributed by atoms with van der Waals surface area (Å²) in [5, 5.41) is 8.87. The molecular weight excluding hydrogens is 313 g/mol. The Morgan fingerprint density at radius 2 is 2.10 bits per heavy atom. The monoisotopic (exact) mass is 321 g/mol. The molecule has 0 saturated carbocycles. The van der Waals surface area contributed by atoms with Gasteiger partial charge < -0.3 is 14.4 Å². The molecule has 1 aliphatic rings. The number of ether oxygens (including phenoxy) is 1. The number of carbonyl (C=O) groups is 1. The quantitative estimate of drug-likeness (QED) is 0.859. The lowest BCUT2D eigenvalue weighted by Crippen LogP contribution is -2.40. The van der Waals surface area contributed by atoms with E-state index in [1.54, 1.807) is 0 Å². The predicted octanol–water partition coefficient (Wildman–Crippen LogP) is 1.86. The van der Waals surface area contributed by atoms with Crippen LogP contribution in [0.5, 0.6) is 5.75 Å². The third-order valence-electron chi connectivity index (χ3n) is 2.74. The van der Waals surface area contributed by atoms with Crippen LogP contribution in [0.4, 0.5) is 13.2 Å². The molecule has 21 heavy (non-hydrogen) atoms. The first kappa shape index (κ1) is 15.5. The van der Waals surface area contributed by atoms with Crippen molar-refractivity contribution in [2.75, 3.05) is 0 Å². The van der Waals surface area contributed by atoms with Gasteiger partial charge in [0.2, 0.25) is 6.10 Å². The normalized spacial score (nSPS) is 19.2. The number of carboxylic acids is 1. The highest BCUT2D eigenvalue weighted by Gasteiger charge is 2.48. The minimum atomic E-state index is -4.86. The first-order valence-corrected chi connectivity index (χ1v) is 6.80. The molecule has 0 fully saturated rings. The average Bonchev–Trinajstić information content (AvgIpc) is 2.35. The van der Waals surface area contributed by atoms with Gasteiger partial charge in [0.25, 0.3) is 0 Å². The van der Waals surface area contributed by atoms with Gasteiger partial charge in [-0.2, -0.15) is 13.2 Å². The van der Waals surface area contributed by atoms with Gasteiger partial charge in [0.1, 0.15) is 5.75 Å². The van der Waals surface area contributed by atoms with Crippen LogP contribution in [0.3, 0.4) is 0 Å². The Balaban J connectivity index is 2.46. The zero-order valence-corrected chi connectivity index (χ0v) is 11.0. The molecule has 0 bridgehead atoms. The van der Waals surface area contributed by atoms with E-state index in [1.807, 2.05) is 0 Å². The first-order chi connectivity index (χ1) is 9.68. The van der Waals surface area contributed by atoms with E-state index in [9.17, 15) is 26.7 Å². The third-order valence-corrected chi connectivity index (χ3v) is 3.31. The molecule has 1 aliphatic heterocycles. The molecule has 2 rings (SSSR count). The number of carboxylic acid groups (broad SMARTS) is 1. The summed E-state index contributed by atoms with van der Waals surface area (Å²) in [7, 11) is 0. The van der Waals surface area contributed by atoms with Crippen molar-refractivity contribution in [1.82, 2.24) is 0 Å². The fourth-order valence-electron chi connectivity index (χ4n) is 1.89. The molecule has 1 unspecified atom stereocenters. The summed E-state index contributed by atoms with van der Waals surface area (Å²) in [6.07, 6.45) is -6.57. The molecule has 0 aromatic heterocycles. The zero-order chi connectivity index (χ0) is 15.8. The first-order valence-electron chi connectivity index (χ1n) is 5.55. The summed E-state index contributed by atoms with van der Waals surface area (Å²) in [5.74, 6) is -2.23. The number of benzene rings is 1. The molecule has 1 aromatic carbocycles. The van der Waals surface area contributed by atoms with E-state index in [1.165, 1.54) is 18.2 Å². The summed E-state index contributed by atoms with van der Waals surface area (Å²) in [5.41, 5.74) is -0.539. The number of fused-ring (bicyclic) bond motifs is 1. The number of hydrogen-bond acceptors (Lipinski definition) is 4. The molecule has 0 amide bonds. The van der Waals surface area contributed by atoms with Crippen LogP contribution in [0.25, 0.3) is 6.08 Å². The maximum atomic E-state index is 12.8. The molecule has 114 valence electrons. The smallest absolute Gasteiger partial charge is 0.430 e. The lowest BCUT2D eigenvalue weighted by Gasteiger charge is -2.27. The topological polar surface area (TPSA) is 86.7 Å². The van der Waals surface area contributed by atoms with Crippen molar-refractivity contribution in [3.63, 3.8) is 0 Å². The molecule has 1 N–H and O–H groups in total. The Hall–Kier alpha value is -1.87. The SMILES string of the molecule is O=C(O)C1=Cc2cc(CS(=O)[O-])ccc2O[C@@H]1C(F)(F)F. The van der Waals surface area contributed by atoms with Gasteiger partial charge in [-0.15, -0.1) is 0 Å². The summed E-state index contributed by atoms with van der Waals surface area (Å²) >= 11 is -2.36. The van der Waals surface area contributed by atoms with E-state index in [0.717, 1.165) is 6.08 Å². The van der Waals surface area contributed by atoms with Gasteiger partial charge in [0.15, 0.2) is 0 Å². The molecule has 2 atom stereocenters. The number of halogens is 3. The van der Waals surface area contributed by atoms with Gasteiger partial charge in [-0.05, 0) is 23.8 Å². The summed E-state index contributed by atoms with van der Waals surface area (Å²) in [6, 6.07) is 3.77. The molecule has 1 heterocycles. The van der Waals surface area contributed by atoms with Crippen LogP contribution >= 0.6 is 0 Å². The second-order valence-corrected chi connectivity index (χ2v) is 5.16. The van der Waals surface area contributed by atoms with Crippen molar-refractivity contribution < 1.29 is 36.6 Å². The average molecular weight is 321 g/mol. The second-order valence-electron chi connectivity index (χ2n) is 4.26. The predicted molar refractivity (Wildman–Crippen MR) is 65.1 cm³/mol. The van der Waals surface area contributed by atoms with E-state index in [0.29, 0.717) is 5.56 Å². The van der Waals surface area contributed by atoms with E-state index in [2.05, 4.69) is 0 Å². The van der Waals surface area contributed by atoms with Gasteiger partial charge in [0, 0.05) is 11.3 Å². The van der Waals surface area contributed by atoms with Crippen LogP contribution in [0.15, 0.2) is 23.8 Å². The Labute approximate surface area is 119 Å². The van der Waals surface area contributed by atoms with E-state index in [4.69, 9.17) is 9.84 Å². The van der Waals surface area contributed by atoms with E-state index >= 15 is 0 Å².